The van der Waals surface area contributed by atoms with Crippen LogP contribution in [-0.4, -0.2) is 45.5 Å². The number of sulfonamides is 1. The molecule has 0 aromatic heterocycles. The van der Waals surface area contributed by atoms with E-state index in [9.17, 15) is 13.2 Å². The molecule has 1 aliphatic heterocycles. The van der Waals surface area contributed by atoms with Crippen molar-refractivity contribution in [2.45, 2.75) is 50.5 Å². The first-order valence-corrected chi connectivity index (χ1v) is 9.81. The zero-order chi connectivity index (χ0) is 17.7. The average Bonchev–Trinajstić information content (AvgIpc) is 2.59. The fourth-order valence-electron chi connectivity index (χ4n) is 3.08. The van der Waals surface area contributed by atoms with Crippen LogP contribution in [0, 0.1) is 6.92 Å². The standard InChI is InChI=1S/C17H26N2O4S/c1-4-14-7-5-6-10-19(14)17(20)12-18-24(21,22)16-11-13(2)8-9-15(16)23-3/h8-9,11,14,18H,4-7,10,12H2,1-3H3. The minimum absolute atomic E-state index is 0.0588. The number of aryl methyl sites for hydroxylation is 1. The molecule has 0 aliphatic carbocycles. The van der Waals surface area contributed by atoms with Crippen LogP contribution >= 0.6 is 0 Å². The highest BCUT2D eigenvalue weighted by Crippen LogP contribution is 2.24. The zero-order valence-electron chi connectivity index (χ0n) is 14.5. The van der Waals surface area contributed by atoms with Gasteiger partial charge in [-0.05, 0) is 50.3 Å². The zero-order valence-corrected chi connectivity index (χ0v) is 15.4. The molecular weight excluding hydrogens is 328 g/mol. The summed E-state index contributed by atoms with van der Waals surface area (Å²) in [7, 11) is -2.38. The molecule has 0 bridgehead atoms. The van der Waals surface area contributed by atoms with Gasteiger partial charge in [-0.3, -0.25) is 4.79 Å². The Morgan fingerprint density at radius 1 is 1.38 bits per heavy atom. The number of methoxy groups -OCH3 is 1. The third-order valence-electron chi connectivity index (χ3n) is 4.44. The highest BCUT2D eigenvalue weighted by Gasteiger charge is 2.27. The molecule has 1 fully saturated rings. The number of carbonyl (C=O) groups is 1. The molecule has 1 heterocycles. The van der Waals surface area contributed by atoms with Crippen molar-refractivity contribution in [2.24, 2.45) is 0 Å². The number of piperidine rings is 1. The molecule has 2 rings (SSSR count). The van der Waals surface area contributed by atoms with Gasteiger partial charge in [0, 0.05) is 12.6 Å². The van der Waals surface area contributed by atoms with Crippen LogP contribution in [0.15, 0.2) is 23.1 Å². The summed E-state index contributed by atoms with van der Waals surface area (Å²) in [5.74, 6) is 0.0988. The second kappa shape index (κ2) is 7.98. The minimum Gasteiger partial charge on any atom is -0.495 e. The van der Waals surface area contributed by atoms with Crippen LogP contribution in [0.2, 0.25) is 0 Å². The molecule has 6 nitrogen and oxygen atoms in total. The predicted molar refractivity (Wildman–Crippen MR) is 92.6 cm³/mol. The van der Waals surface area contributed by atoms with Crippen LogP contribution in [0.5, 0.6) is 5.75 Å². The summed E-state index contributed by atoms with van der Waals surface area (Å²) < 4.78 is 32.6. The first-order valence-electron chi connectivity index (χ1n) is 8.32. The van der Waals surface area contributed by atoms with Gasteiger partial charge < -0.3 is 9.64 Å². The quantitative estimate of drug-likeness (QED) is 0.848. The molecule has 1 aromatic rings. The number of hydrogen-bond acceptors (Lipinski definition) is 4. The molecular formula is C17H26N2O4S. The van der Waals surface area contributed by atoms with Gasteiger partial charge in [0.15, 0.2) is 0 Å². The second-order valence-electron chi connectivity index (χ2n) is 6.12. The molecule has 0 spiro atoms. The number of amides is 1. The van der Waals surface area contributed by atoms with Crippen LogP contribution in [-0.2, 0) is 14.8 Å². The monoisotopic (exact) mass is 354 g/mol. The Kier molecular flexibility index (Phi) is 6.23. The number of nitrogens with one attached hydrogen (secondary N) is 1. The van der Waals surface area contributed by atoms with E-state index >= 15 is 0 Å². The van der Waals surface area contributed by atoms with Gasteiger partial charge in [-0.25, -0.2) is 13.1 Å². The molecule has 1 saturated heterocycles. The van der Waals surface area contributed by atoms with Crippen LogP contribution in [0.3, 0.4) is 0 Å². The summed E-state index contributed by atoms with van der Waals surface area (Å²) >= 11 is 0. The summed E-state index contributed by atoms with van der Waals surface area (Å²) in [6.45, 7) is 4.34. The van der Waals surface area contributed by atoms with Crippen LogP contribution < -0.4 is 9.46 Å². The van der Waals surface area contributed by atoms with E-state index in [0.29, 0.717) is 6.54 Å². The van der Waals surface area contributed by atoms with Crippen molar-refractivity contribution in [1.29, 1.82) is 0 Å². The highest BCUT2D eigenvalue weighted by molar-refractivity contribution is 7.89. The molecule has 0 radical (unpaired) electrons. The summed E-state index contributed by atoms with van der Waals surface area (Å²) in [6, 6.07) is 5.15. The number of likely N-dealkylation sites (tertiary alicyclic amines) is 1. The SMILES string of the molecule is CCC1CCCCN1C(=O)CNS(=O)(=O)c1cc(C)ccc1OC. The normalized spacial score (nSPS) is 18.5. The van der Waals surface area contributed by atoms with Crippen LogP contribution in [0.25, 0.3) is 0 Å². The van der Waals surface area contributed by atoms with E-state index in [-0.39, 0.29) is 29.1 Å². The number of hydrogen-bond donors (Lipinski definition) is 1. The topological polar surface area (TPSA) is 75.7 Å². The fraction of sp³-hybridized carbons (Fsp3) is 0.588. The van der Waals surface area contributed by atoms with Crippen molar-refractivity contribution >= 4 is 15.9 Å². The molecule has 24 heavy (non-hydrogen) atoms. The maximum atomic E-state index is 12.5. The van der Waals surface area contributed by atoms with Crippen molar-refractivity contribution in [3.8, 4) is 5.75 Å². The summed E-state index contributed by atoms with van der Waals surface area (Å²) in [5.41, 5.74) is 0.810. The van der Waals surface area contributed by atoms with E-state index in [1.807, 2.05) is 6.92 Å². The molecule has 1 aliphatic rings. The summed E-state index contributed by atoms with van der Waals surface area (Å²) in [4.78, 5) is 14.3. The van der Waals surface area contributed by atoms with E-state index in [0.717, 1.165) is 31.2 Å². The Bertz CT molecular complexity index is 688. The Morgan fingerprint density at radius 2 is 2.12 bits per heavy atom. The van der Waals surface area contributed by atoms with E-state index in [1.54, 1.807) is 23.1 Å². The van der Waals surface area contributed by atoms with E-state index in [2.05, 4.69) is 11.6 Å². The first-order chi connectivity index (χ1) is 11.4. The highest BCUT2D eigenvalue weighted by atomic mass is 32.2. The van der Waals surface area contributed by atoms with E-state index in [4.69, 9.17) is 4.74 Å². The van der Waals surface area contributed by atoms with Crippen molar-refractivity contribution in [1.82, 2.24) is 9.62 Å². The maximum absolute atomic E-state index is 12.5. The molecule has 1 N–H and O–H groups in total. The molecule has 1 amide bonds. The third kappa shape index (κ3) is 4.27. The lowest BCUT2D eigenvalue weighted by Crippen LogP contribution is -2.47. The molecule has 0 saturated carbocycles. The summed E-state index contributed by atoms with van der Waals surface area (Å²) in [5, 5.41) is 0. The number of nitrogens with zero attached hydrogens (tertiary/aromatic N) is 1. The van der Waals surface area contributed by atoms with Crippen molar-refractivity contribution in [3.05, 3.63) is 23.8 Å². The second-order valence-corrected chi connectivity index (χ2v) is 7.86. The smallest absolute Gasteiger partial charge is 0.244 e. The minimum atomic E-state index is -3.81. The van der Waals surface area contributed by atoms with Gasteiger partial charge >= 0.3 is 0 Å². The Morgan fingerprint density at radius 3 is 2.79 bits per heavy atom. The van der Waals surface area contributed by atoms with Gasteiger partial charge in [-0.15, -0.1) is 0 Å². The Labute approximate surface area is 144 Å². The predicted octanol–water partition coefficient (Wildman–Crippen LogP) is 2.07. The Balaban J connectivity index is 2.10. The van der Waals surface area contributed by atoms with Crippen LogP contribution in [0.4, 0.5) is 0 Å². The van der Waals surface area contributed by atoms with Crippen LogP contribution in [0.1, 0.15) is 38.2 Å². The van der Waals surface area contributed by atoms with Gasteiger partial charge in [0.2, 0.25) is 15.9 Å². The molecule has 1 atom stereocenters. The van der Waals surface area contributed by atoms with Crippen molar-refractivity contribution < 1.29 is 17.9 Å². The van der Waals surface area contributed by atoms with Gasteiger partial charge in [0.1, 0.15) is 10.6 Å². The van der Waals surface area contributed by atoms with E-state index in [1.165, 1.54) is 7.11 Å². The summed E-state index contributed by atoms with van der Waals surface area (Å²) in [6.07, 6.45) is 3.97. The molecule has 7 heteroatoms. The van der Waals surface area contributed by atoms with Gasteiger partial charge in [-0.2, -0.15) is 0 Å². The number of benzene rings is 1. The van der Waals surface area contributed by atoms with Gasteiger partial charge in [0.05, 0.1) is 13.7 Å². The average molecular weight is 354 g/mol. The number of carbonyl (C=O) groups excluding carboxylic acids is 1. The lowest BCUT2D eigenvalue weighted by Gasteiger charge is -2.35. The lowest BCUT2D eigenvalue weighted by atomic mass is 10.00. The lowest BCUT2D eigenvalue weighted by molar-refractivity contribution is -0.133. The van der Waals surface area contributed by atoms with Gasteiger partial charge in [-0.1, -0.05) is 13.0 Å². The third-order valence-corrected chi connectivity index (χ3v) is 5.86. The van der Waals surface area contributed by atoms with Crippen molar-refractivity contribution in [2.75, 3.05) is 20.2 Å². The molecule has 1 aromatic carbocycles. The molecule has 1 unspecified atom stereocenters. The fourth-order valence-corrected chi connectivity index (χ4v) is 4.31. The largest absolute Gasteiger partial charge is 0.495 e. The molecule has 134 valence electrons. The van der Waals surface area contributed by atoms with Gasteiger partial charge in [0.25, 0.3) is 0 Å². The Hall–Kier alpha value is -1.60. The first kappa shape index (κ1) is 18.7. The number of ether oxygens (including phenoxy) is 1. The van der Waals surface area contributed by atoms with Crippen molar-refractivity contribution in [3.63, 3.8) is 0 Å². The van der Waals surface area contributed by atoms with E-state index < -0.39 is 10.0 Å². The number of rotatable bonds is 6. The maximum Gasteiger partial charge on any atom is 0.244 e.